The average Bonchev–Trinajstić information content (AvgIpc) is 1.91. The van der Waals surface area contributed by atoms with Crippen LogP contribution in [0.1, 0.15) is 0 Å². The van der Waals surface area contributed by atoms with E-state index in [-0.39, 0.29) is 0 Å². The zero-order valence-electron chi connectivity index (χ0n) is 5.54. The molecule has 0 unspecified atom stereocenters. The van der Waals surface area contributed by atoms with Gasteiger partial charge in [0.15, 0.2) is 0 Å². The van der Waals surface area contributed by atoms with Crippen LogP contribution < -0.4 is 11.1 Å². The highest BCUT2D eigenvalue weighted by Gasteiger charge is 1.69. The molecule has 0 aliphatic carbocycles. The summed E-state index contributed by atoms with van der Waals surface area (Å²) in [7, 11) is 0. The number of carbonyl (C=O) groups is 2. The van der Waals surface area contributed by atoms with Crippen LogP contribution in [0.4, 0.5) is 0 Å². The first-order chi connectivity index (χ1) is 4.68. The molecule has 3 N–H and O–H groups in total. The predicted molar refractivity (Wildman–Crippen MR) is 38.8 cm³/mol. The lowest BCUT2D eigenvalue weighted by atomic mass is 10.6. The molecule has 0 saturated heterocycles. The van der Waals surface area contributed by atoms with Gasteiger partial charge in [-0.1, -0.05) is 13.2 Å². The van der Waals surface area contributed by atoms with E-state index in [1.807, 2.05) is 0 Å². The van der Waals surface area contributed by atoms with Crippen LogP contribution in [0, 0.1) is 0 Å². The normalized spacial score (nSPS) is 6.00. The van der Waals surface area contributed by atoms with Crippen LogP contribution in [0.15, 0.2) is 25.4 Å². The van der Waals surface area contributed by atoms with Crippen molar-refractivity contribution in [2.45, 2.75) is 0 Å². The molecule has 0 bridgehead atoms. The van der Waals surface area contributed by atoms with Gasteiger partial charge in [-0.3, -0.25) is 9.59 Å². The molecule has 4 nitrogen and oxygen atoms in total. The molecule has 0 radical (unpaired) electrons. The van der Waals surface area contributed by atoms with Crippen LogP contribution in [0.3, 0.4) is 0 Å². The lowest BCUT2D eigenvalue weighted by Gasteiger charge is -1.70. The lowest BCUT2D eigenvalue weighted by Crippen LogP contribution is -2.04. The van der Waals surface area contributed by atoms with E-state index in [0.717, 1.165) is 6.08 Å². The minimum atomic E-state index is -0.481. The first-order valence-corrected chi connectivity index (χ1v) is 2.41. The molecule has 0 rings (SSSR count). The SMILES string of the molecule is C=CC(N)=O.C=CNC=O. The maximum atomic E-state index is 9.47. The molecular weight excluding hydrogens is 132 g/mol. The number of hydrogen-bond acceptors (Lipinski definition) is 2. The fourth-order valence-corrected chi connectivity index (χ4v) is 0.0481. The molecule has 10 heavy (non-hydrogen) atoms. The van der Waals surface area contributed by atoms with E-state index in [1.54, 1.807) is 0 Å². The fourth-order valence-electron chi connectivity index (χ4n) is 0.0481. The smallest absolute Gasteiger partial charge is 0.240 e. The molecule has 4 heteroatoms. The maximum absolute atomic E-state index is 9.47. The molecule has 0 aliphatic rings. The van der Waals surface area contributed by atoms with Crippen molar-refractivity contribution in [1.82, 2.24) is 5.32 Å². The average molecular weight is 142 g/mol. The minimum absolute atomic E-state index is 0.481. The van der Waals surface area contributed by atoms with E-state index in [1.165, 1.54) is 6.20 Å². The summed E-state index contributed by atoms with van der Waals surface area (Å²) in [5.41, 5.74) is 4.53. The molecule has 0 aromatic rings. The number of rotatable bonds is 3. The summed E-state index contributed by atoms with van der Waals surface area (Å²) in [5, 5.41) is 2.19. The second kappa shape index (κ2) is 10.4. The second-order valence-electron chi connectivity index (χ2n) is 1.10. The second-order valence-corrected chi connectivity index (χ2v) is 1.10. The Bertz CT molecular complexity index is 126. The van der Waals surface area contributed by atoms with Crippen molar-refractivity contribution in [3.05, 3.63) is 25.4 Å². The molecule has 0 atom stereocenters. The predicted octanol–water partition coefficient (Wildman–Crippen LogP) is -0.466. The maximum Gasteiger partial charge on any atom is 0.240 e. The van der Waals surface area contributed by atoms with Crippen LogP contribution >= 0.6 is 0 Å². The largest absolute Gasteiger partial charge is 0.366 e. The van der Waals surface area contributed by atoms with E-state index in [9.17, 15) is 9.59 Å². The third-order valence-electron chi connectivity index (χ3n) is 0.387. The first-order valence-electron chi connectivity index (χ1n) is 2.41. The summed E-state index contributed by atoms with van der Waals surface area (Å²) in [6.45, 7) is 6.29. The van der Waals surface area contributed by atoms with E-state index in [0.29, 0.717) is 6.41 Å². The standard InChI is InChI=1S/2C3H5NO/c1-2-4-3-5;1-2-3(4)5/h2-3H,1H2,(H,4,5);2H,1H2,(H2,4,5). The van der Waals surface area contributed by atoms with Crippen molar-refractivity contribution in [1.29, 1.82) is 0 Å². The lowest BCUT2D eigenvalue weighted by molar-refractivity contribution is -0.113. The molecule has 0 spiro atoms. The van der Waals surface area contributed by atoms with Gasteiger partial charge in [0.1, 0.15) is 0 Å². The van der Waals surface area contributed by atoms with Gasteiger partial charge in [-0.25, -0.2) is 0 Å². The van der Waals surface area contributed by atoms with Crippen LogP contribution in [-0.2, 0) is 9.59 Å². The molecule has 0 saturated carbocycles. The van der Waals surface area contributed by atoms with Crippen LogP contribution in [-0.4, -0.2) is 12.3 Å². The summed E-state index contributed by atoms with van der Waals surface area (Å²) in [6.07, 6.45) is 2.93. The molecule has 2 amide bonds. The van der Waals surface area contributed by atoms with Crippen molar-refractivity contribution in [2.24, 2.45) is 5.73 Å². The highest BCUT2D eigenvalue weighted by Crippen LogP contribution is 1.48. The highest BCUT2D eigenvalue weighted by molar-refractivity contribution is 5.84. The third-order valence-corrected chi connectivity index (χ3v) is 0.387. The Morgan fingerprint density at radius 1 is 1.50 bits per heavy atom. The monoisotopic (exact) mass is 142 g/mol. The van der Waals surface area contributed by atoms with Gasteiger partial charge in [0.25, 0.3) is 0 Å². The van der Waals surface area contributed by atoms with Crippen molar-refractivity contribution >= 4 is 12.3 Å². The van der Waals surface area contributed by atoms with Crippen LogP contribution in [0.25, 0.3) is 0 Å². The van der Waals surface area contributed by atoms with Crippen molar-refractivity contribution < 1.29 is 9.59 Å². The van der Waals surface area contributed by atoms with Gasteiger partial charge < -0.3 is 11.1 Å². The molecule has 0 aliphatic heterocycles. The summed E-state index contributed by atoms with van der Waals surface area (Å²) in [5.74, 6) is -0.481. The van der Waals surface area contributed by atoms with Gasteiger partial charge in [-0.05, 0) is 12.3 Å². The van der Waals surface area contributed by atoms with Gasteiger partial charge in [0.2, 0.25) is 12.3 Å². The Balaban J connectivity index is 0. The molecular formula is C6H10N2O2. The van der Waals surface area contributed by atoms with Crippen LogP contribution in [0.5, 0.6) is 0 Å². The Kier molecular flexibility index (Phi) is 11.7. The van der Waals surface area contributed by atoms with E-state index in [4.69, 9.17) is 0 Å². The van der Waals surface area contributed by atoms with Gasteiger partial charge in [-0.2, -0.15) is 0 Å². The van der Waals surface area contributed by atoms with Gasteiger partial charge in [-0.15, -0.1) is 0 Å². The zero-order chi connectivity index (χ0) is 8.41. The Morgan fingerprint density at radius 3 is 1.90 bits per heavy atom. The molecule has 56 valence electrons. The topological polar surface area (TPSA) is 72.2 Å². The Hall–Kier alpha value is -1.58. The Morgan fingerprint density at radius 2 is 1.90 bits per heavy atom. The summed E-state index contributed by atoms with van der Waals surface area (Å²) in [6, 6.07) is 0. The summed E-state index contributed by atoms with van der Waals surface area (Å²) < 4.78 is 0. The molecule has 0 aromatic carbocycles. The molecule has 0 fully saturated rings. The summed E-state index contributed by atoms with van der Waals surface area (Å²) >= 11 is 0. The molecule has 0 aromatic heterocycles. The zero-order valence-corrected chi connectivity index (χ0v) is 5.54. The van der Waals surface area contributed by atoms with Gasteiger partial charge >= 0.3 is 0 Å². The number of nitrogens with two attached hydrogens (primary N) is 1. The van der Waals surface area contributed by atoms with E-state index < -0.39 is 5.91 Å². The summed E-state index contributed by atoms with van der Waals surface area (Å²) in [4.78, 5) is 18.7. The van der Waals surface area contributed by atoms with Gasteiger partial charge in [0, 0.05) is 0 Å². The van der Waals surface area contributed by atoms with Crippen molar-refractivity contribution in [3.8, 4) is 0 Å². The first kappa shape index (κ1) is 11.2. The molecule has 0 heterocycles. The van der Waals surface area contributed by atoms with Crippen LogP contribution in [0.2, 0.25) is 0 Å². The number of amides is 2. The number of carbonyl (C=O) groups excluding carboxylic acids is 2. The van der Waals surface area contributed by atoms with Crippen molar-refractivity contribution in [2.75, 3.05) is 0 Å². The minimum Gasteiger partial charge on any atom is -0.366 e. The third kappa shape index (κ3) is 32.2. The van der Waals surface area contributed by atoms with E-state index >= 15 is 0 Å². The number of hydrogen-bond donors (Lipinski definition) is 2. The highest BCUT2D eigenvalue weighted by atomic mass is 16.1. The van der Waals surface area contributed by atoms with Crippen molar-refractivity contribution in [3.63, 3.8) is 0 Å². The quantitative estimate of drug-likeness (QED) is 0.413. The van der Waals surface area contributed by atoms with Gasteiger partial charge in [0.05, 0.1) is 0 Å². The van der Waals surface area contributed by atoms with E-state index in [2.05, 4.69) is 24.2 Å². The number of nitrogens with one attached hydrogen (secondary N) is 1. The fraction of sp³-hybridized carbons (Fsp3) is 0. The Labute approximate surface area is 59.4 Å². The number of primary amides is 1.